The van der Waals surface area contributed by atoms with Crippen LogP contribution in [0.1, 0.15) is 123 Å². The number of nitrogens with one attached hydrogen (secondary N) is 2. The van der Waals surface area contributed by atoms with E-state index in [0.717, 1.165) is 45.2 Å². The maximum absolute atomic E-state index is 12.6. The van der Waals surface area contributed by atoms with Gasteiger partial charge in [-0.05, 0) is 45.2 Å². The molecule has 0 radical (unpaired) electrons. The summed E-state index contributed by atoms with van der Waals surface area (Å²) in [6.45, 7) is 6.31. The number of hydrogen-bond donors (Lipinski definition) is 3. The molecule has 1 atom stereocenters. The molecule has 4 N–H and O–H groups in total. The van der Waals surface area contributed by atoms with Crippen LogP contribution in [0.15, 0.2) is 0 Å². The standard InChI is InChI=1S/C25H49N3O3/c1-3-5-7-8-9-10-11-12-13-17-25(31)28-22(18-19-24(26)30)23(29)16-14-15-21-27-20-6-4-2/h22,27H,3-21H2,1-2H3,(H2,26,30)(H,28,31)/t22-/m0/s1. The van der Waals surface area contributed by atoms with Crippen molar-refractivity contribution in [1.82, 2.24) is 10.6 Å². The molecule has 0 saturated heterocycles. The fourth-order valence-electron chi connectivity index (χ4n) is 3.61. The molecule has 0 fully saturated rings. The SMILES string of the molecule is CCCCCCCCCCCC(=O)N[C@@H](CCC(N)=O)C(=O)CCCCNCCCC. The molecule has 6 heteroatoms. The minimum atomic E-state index is -0.591. The van der Waals surface area contributed by atoms with Gasteiger partial charge < -0.3 is 16.4 Å². The second kappa shape index (κ2) is 21.8. The number of hydrogen-bond acceptors (Lipinski definition) is 4. The van der Waals surface area contributed by atoms with E-state index in [-0.39, 0.29) is 18.1 Å². The van der Waals surface area contributed by atoms with Crippen LogP contribution in [0.5, 0.6) is 0 Å². The molecule has 0 aromatic heterocycles. The van der Waals surface area contributed by atoms with Crippen LogP contribution in [-0.2, 0) is 14.4 Å². The number of ketones is 1. The van der Waals surface area contributed by atoms with Crippen molar-refractivity contribution in [2.45, 2.75) is 129 Å². The van der Waals surface area contributed by atoms with Gasteiger partial charge in [-0.2, -0.15) is 0 Å². The van der Waals surface area contributed by atoms with E-state index in [1.165, 1.54) is 51.4 Å². The molecule has 0 spiro atoms. The predicted molar refractivity (Wildman–Crippen MR) is 129 cm³/mol. The van der Waals surface area contributed by atoms with Gasteiger partial charge in [-0.1, -0.05) is 71.6 Å². The molecule has 0 aliphatic rings. The lowest BCUT2D eigenvalue weighted by Crippen LogP contribution is -2.41. The summed E-state index contributed by atoms with van der Waals surface area (Å²) in [5.74, 6) is -0.520. The fourth-order valence-corrected chi connectivity index (χ4v) is 3.61. The Hall–Kier alpha value is -1.43. The molecule has 0 heterocycles. The largest absolute Gasteiger partial charge is 0.370 e. The Morgan fingerprint density at radius 2 is 1.23 bits per heavy atom. The van der Waals surface area contributed by atoms with Crippen LogP contribution in [0.25, 0.3) is 0 Å². The van der Waals surface area contributed by atoms with Crippen LogP contribution in [-0.4, -0.2) is 36.7 Å². The van der Waals surface area contributed by atoms with Crippen molar-refractivity contribution in [2.24, 2.45) is 5.73 Å². The quantitative estimate of drug-likeness (QED) is 0.199. The molecule has 0 rings (SSSR count). The summed E-state index contributed by atoms with van der Waals surface area (Å²) in [5, 5.41) is 6.22. The minimum Gasteiger partial charge on any atom is -0.370 e. The summed E-state index contributed by atoms with van der Waals surface area (Å²) in [4.78, 5) is 36.0. The first-order valence-electron chi connectivity index (χ1n) is 12.8. The summed E-state index contributed by atoms with van der Waals surface area (Å²) in [6.07, 6.45) is 16.2. The molecule has 0 aliphatic carbocycles. The Kier molecular flexibility index (Phi) is 20.8. The van der Waals surface area contributed by atoms with E-state index in [1.807, 2.05) is 0 Å². The van der Waals surface area contributed by atoms with Crippen LogP contribution in [0.3, 0.4) is 0 Å². The highest BCUT2D eigenvalue weighted by Crippen LogP contribution is 2.11. The number of amides is 2. The summed E-state index contributed by atoms with van der Waals surface area (Å²) in [6, 6.07) is -0.591. The number of carbonyl (C=O) groups excluding carboxylic acids is 3. The molecule has 0 aliphatic heterocycles. The van der Waals surface area contributed by atoms with Gasteiger partial charge in [0.2, 0.25) is 11.8 Å². The molecule has 182 valence electrons. The number of carbonyl (C=O) groups is 3. The van der Waals surface area contributed by atoms with Gasteiger partial charge in [-0.15, -0.1) is 0 Å². The van der Waals surface area contributed by atoms with Crippen LogP contribution in [0.2, 0.25) is 0 Å². The molecule has 0 unspecified atom stereocenters. The van der Waals surface area contributed by atoms with Crippen molar-refractivity contribution in [3.63, 3.8) is 0 Å². The van der Waals surface area contributed by atoms with Crippen molar-refractivity contribution in [3.8, 4) is 0 Å². The number of Topliss-reactive ketones (excluding diaryl/α,β-unsaturated/α-hetero) is 1. The first-order chi connectivity index (χ1) is 15.0. The highest BCUT2D eigenvalue weighted by Gasteiger charge is 2.20. The summed E-state index contributed by atoms with van der Waals surface area (Å²) >= 11 is 0. The molecule has 0 saturated carbocycles. The Bertz CT molecular complexity index is 469. The number of unbranched alkanes of at least 4 members (excludes halogenated alkanes) is 10. The lowest BCUT2D eigenvalue weighted by Gasteiger charge is -2.17. The second-order valence-electron chi connectivity index (χ2n) is 8.73. The third-order valence-corrected chi connectivity index (χ3v) is 5.64. The van der Waals surface area contributed by atoms with E-state index >= 15 is 0 Å². The van der Waals surface area contributed by atoms with Gasteiger partial charge in [0.25, 0.3) is 0 Å². The zero-order valence-corrected chi connectivity index (χ0v) is 20.3. The number of nitrogens with two attached hydrogens (primary N) is 1. The van der Waals surface area contributed by atoms with Crippen molar-refractivity contribution in [2.75, 3.05) is 13.1 Å². The van der Waals surface area contributed by atoms with E-state index in [1.54, 1.807) is 0 Å². The summed E-state index contributed by atoms with van der Waals surface area (Å²) in [5.41, 5.74) is 5.25. The van der Waals surface area contributed by atoms with Gasteiger partial charge >= 0.3 is 0 Å². The van der Waals surface area contributed by atoms with Gasteiger partial charge in [0.05, 0.1) is 6.04 Å². The molecule has 0 aromatic rings. The third kappa shape index (κ3) is 20.2. The molecular formula is C25H49N3O3. The van der Waals surface area contributed by atoms with Gasteiger partial charge in [0, 0.05) is 19.3 Å². The van der Waals surface area contributed by atoms with Crippen LogP contribution < -0.4 is 16.4 Å². The molecule has 6 nitrogen and oxygen atoms in total. The minimum absolute atomic E-state index is 0.00948. The van der Waals surface area contributed by atoms with Gasteiger partial charge in [-0.3, -0.25) is 14.4 Å². The normalized spacial score (nSPS) is 11.9. The second-order valence-corrected chi connectivity index (χ2v) is 8.73. The Labute approximate surface area is 190 Å². The topological polar surface area (TPSA) is 101 Å². The average Bonchev–Trinajstić information content (AvgIpc) is 2.74. The van der Waals surface area contributed by atoms with Crippen molar-refractivity contribution >= 4 is 17.6 Å². The average molecular weight is 440 g/mol. The zero-order valence-electron chi connectivity index (χ0n) is 20.3. The van der Waals surface area contributed by atoms with Gasteiger partial charge in [0.15, 0.2) is 5.78 Å². The lowest BCUT2D eigenvalue weighted by molar-refractivity contribution is -0.128. The number of primary amides is 1. The maximum Gasteiger partial charge on any atom is 0.220 e. The van der Waals surface area contributed by atoms with Crippen LogP contribution >= 0.6 is 0 Å². The Balaban J connectivity index is 4.06. The van der Waals surface area contributed by atoms with Crippen LogP contribution in [0.4, 0.5) is 0 Å². The molecule has 0 bridgehead atoms. The van der Waals surface area contributed by atoms with Gasteiger partial charge in [0.1, 0.15) is 0 Å². The predicted octanol–water partition coefficient (Wildman–Crippen LogP) is 4.79. The Morgan fingerprint density at radius 3 is 1.84 bits per heavy atom. The van der Waals surface area contributed by atoms with E-state index in [0.29, 0.717) is 19.3 Å². The van der Waals surface area contributed by atoms with E-state index < -0.39 is 11.9 Å². The van der Waals surface area contributed by atoms with Crippen LogP contribution in [0, 0.1) is 0 Å². The molecular weight excluding hydrogens is 390 g/mol. The highest BCUT2D eigenvalue weighted by molar-refractivity contribution is 5.89. The summed E-state index contributed by atoms with van der Waals surface area (Å²) in [7, 11) is 0. The Morgan fingerprint density at radius 1 is 0.677 bits per heavy atom. The molecule has 0 aromatic carbocycles. The van der Waals surface area contributed by atoms with Crippen molar-refractivity contribution in [1.29, 1.82) is 0 Å². The van der Waals surface area contributed by atoms with Crippen molar-refractivity contribution < 1.29 is 14.4 Å². The first-order valence-corrected chi connectivity index (χ1v) is 12.8. The third-order valence-electron chi connectivity index (χ3n) is 5.64. The zero-order chi connectivity index (χ0) is 23.2. The van der Waals surface area contributed by atoms with E-state index in [2.05, 4.69) is 24.5 Å². The first kappa shape index (κ1) is 29.6. The lowest BCUT2D eigenvalue weighted by atomic mass is 10.0. The highest BCUT2D eigenvalue weighted by atomic mass is 16.2. The van der Waals surface area contributed by atoms with E-state index in [4.69, 9.17) is 5.73 Å². The number of rotatable bonds is 23. The maximum atomic E-state index is 12.6. The van der Waals surface area contributed by atoms with E-state index in [9.17, 15) is 14.4 Å². The summed E-state index contributed by atoms with van der Waals surface area (Å²) < 4.78 is 0. The monoisotopic (exact) mass is 439 g/mol. The van der Waals surface area contributed by atoms with Crippen molar-refractivity contribution in [3.05, 3.63) is 0 Å². The molecule has 31 heavy (non-hydrogen) atoms. The molecule has 2 amide bonds. The van der Waals surface area contributed by atoms with Gasteiger partial charge in [-0.25, -0.2) is 0 Å². The fraction of sp³-hybridized carbons (Fsp3) is 0.880. The smallest absolute Gasteiger partial charge is 0.220 e.